The topological polar surface area (TPSA) is 50.8 Å². The van der Waals surface area contributed by atoms with Crippen LogP contribution in [0.4, 0.5) is 0 Å². The molecule has 5 nitrogen and oxygen atoms in total. The lowest BCUT2D eigenvalue weighted by Gasteiger charge is -2.37. The summed E-state index contributed by atoms with van der Waals surface area (Å²) < 4.78 is 10.8. The minimum atomic E-state index is -0.0185. The van der Waals surface area contributed by atoms with Gasteiger partial charge in [0.1, 0.15) is 0 Å². The van der Waals surface area contributed by atoms with Gasteiger partial charge in [0.15, 0.2) is 11.5 Å². The lowest BCUT2D eigenvalue weighted by Crippen LogP contribution is -2.48. The number of hydrogen-bond acceptors (Lipinski definition) is 4. The highest BCUT2D eigenvalue weighted by atomic mass is 16.5. The molecule has 0 bridgehead atoms. The lowest BCUT2D eigenvalue weighted by molar-refractivity contribution is 0.0904. The fourth-order valence-electron chi connectivity index (χ4n) is 3.67. The number of ether oxygens (including phenoxy) is 2. The third kappa shape index (κ3) is 4.42. The number of likely N-dealkylation sites (N-methyl/N-ethyl adjacent to an activating group) is 1. The fourth-order valence-corrected chi connectivity index (χ4v) is 3.67. The van der Waals surface area contributed by atoms with Crippen LogP contribution in [0.2, 0.25) is 0 Å². The van der Waals surface area contributed by atoms with E-state index in [4.69, 9.17) is 9.47 Å². The number of amides is 1. The Labute approximate surface area is 161 Å². The molecule has 1 heterocycles. The molecule has 2 atom stereocenters. The van der Waals surface area contributed by atoms with Gasteiger partial charge in [-0.1, -0.05) is 23.8 Å². The van der Waals surface area contributed by atoms with E-state index in [0.29, 0.717) is 17.1 Å². The predicted molar refractivity (Wildman–Crippen MR) is 107 cm³/mol. The second-order valence-electron chi connectivity index (χ2n) is 7.22. The zero-order valence-corrected chi connectivity index (χ0v) is 16.5. The van der Waals surface area contributed by atoms with E-state index in [2.05, 4.69) is 23.3 Å². The number of rotatable bonds is 5. The first kappa shape index (κ1) is 19.2. The molecular weight excluding hydrogens is 340 g/mol. The van der Waals surface area contributed by atoms with Crippen LogP contribution in [0.3, 0.4) is 0 Å². The van der Waals surface area contributed by atoms with Crippen molar-refractivity contribution in [3.63, 3.8) is 0 Å². The fraction of sp³-hybridized carbons (Fsp3) is 0.409. The van der Waals surface area contributed by atoms with E-state index in [9.17, 15) is 4.79 Å². The minimum Gasteiger partial charge on any atom is -0.493 e. The molecule has 1 N–H and O–H groups in total. The van der Waals surface area contributed by atoms with Gasteiger partial charge in [0.2, 0.25) is 0 Å². The number of nitrogens with one attached hydrogen (secondary N) is 1. The molecule has 144 valence electrons. The molecular formula is C22H28N2O3. The van der Waals surface area contributed by atoms with Crippen molar-refractivity contribution in [2.24, 2.45) is 0 Å². The molecule has 2 aromatic rings. The maximum atomic E-state index is 12.7. The van der Waals surface area contributed by atoms with Gasteiger partial charge in [0, 0.05) is 24.1 Å². The maximum absolute atomic E-state index is 12.7. The Morgan fingerprint density at radius 2 is 1.78 bits per heavy atom. The van der Waals surface area contributed by atoms with Gasteiger partial charge in [0.05, 0.1) is 14.2 Å². The molecule has 0 aliphatic carbocycles. The molecule has 0 unspecified atom stereocenters. The zero-order valence-electron chi connectivity index (χ0n) is 16.5. The summed E-state index contributed by atoms with van der Waals surface area (Å²) in [7, 11) is 5.40. The van der Waals surface area contributed by atoms with Crippen LogP contribution in [0.25, 0.3) is 0 Å². The molecule has 1 saturated heterocycles. The molecule has 0 saturated carbocycles. The zero-order chi connectivity index (χ0) is 19.4. The number of benzene rings is 2. The number of carbonyl (C=O) groups excluding carboxylic acids is 1. The highest BCUT2D eigenvalue weighted by Crippen LogP contribution is 2.34. The van der Waals surface area contributed by atoms with Gasteiger partial charge in [-0.25, -0.2) is 0 Å². The number of nitrogens with zero attached hydrogens (tertiary/aromatic N) is 1. The van der Waals surface area contributed by atoms with Gasteiger partial charge in [-0.15, -0.1) is 0 Å². The highest BCUT2D eigenvalue weighted by Gasteiger charge is 2.31. The van der Waals surface area contributed by atoms with Crippen molar-refractivity contribution in [3.8, 4) is 11.5 Å². The first-order chi connectivity index (χ1) is 13.0. The van der Waals surface area contributed by atoms with Crippen LogP contribution in [0.5, 0.6) is 11.5 Å². The Kier molecular flexibility index (Phi) is 6.01. The molecule has 5 heteroatoms. The minimum absolute atomic E-state index is 0.0185. The predicted octanol–water partition coefficient (Wildman–Crippen LogP) is 3.23. The number of aryl methyl sites for hydroxylation is 1. The summed E-state index contributed by atoms with van der Waals surface area (Å²) in [5, 5.41) is 3.25. The lowest BCUT2D eigenvalue weighted by atomic mass is 9.85. The Hall–Kier alpha value is -2.53. The van der Waals surface area contributed by atoms with E-state index in [1.807, 2.05) is 43.3 Å². The third-order valence-electron chi connectivity index (χ3n) is 5.28. The average molecular weight is 368 g/mol. The van der Waals surface area contributed by atoms with Crippen LogP contribution in [0.1, 0.15) is 33.8 Å². The highest BCUT2D eigenvalue weighted by molar-refractivity contribution is 5.94. The largest absolute Gasteiger partial charge is 0.493 e. The van der Waals surface area contributed by atoms with E-state index in [1.54, 1.807) is 14.2 Å². The Morgan fingerprint density at radius 1 is 1.07 bits per heavy atom. The van der Waals surface area contributed by atoms with Gasteiger partial charge in [-0.05, 0) is 56.8 Å². The molecule has 27 heavy (non-hydrogen) atoms. The van der Waals surface area contributed by atoms with E-state index in [-0.39, 0.29) is 17.9 Å². The normalized spacial score (nSPS) is 20.1. The number of methoxy groups -OCH3 is 2. The van der Waals surface area contributed by atoms with Crippen LogP contribution < -0.4 is 14.8 Å². The van der Waals surface area contributed by atoms with Crippen molar-refractivity contribution in [2.75, 3.05) is 34.4 Å². The summed E-state index contributed by atoms with van der Waals surface area (Å²) in [6.07, 6.45) is 0.910. The van der Waals surface area contributed by atoms with Gasteiger partial charge in [-0.2, -0.15) is 0 Å². The standard InChI is InChI=1S/C22H28N2O3/c1-15-5-7-16(8-6-15)22(25)23-19-11-12-24(2)14-18(19)17-9-10-20(26-3)21(13-17)27-4/h5-10,13,18-19H,11-12,14H2,1-4H3,(H,23,25)/t18-,19-/m0/s1. The second-order valence-corrected chi connectivity index (χ2v) is 7.22. The smallest absolute Gasteiger partial charge is 0.251 e. The number of piperidine rings is 1. The number of likely N-dealkylation sites (tertiary alicyclic amines) is 1. The van der Waals surface area contributed by atoms with Crippen molar-refractivity contribution < 1.29 is 14.3 Å². The Morgan fingerprint density at radius 3 is 2.44 bits per heavy atom. The molecule has 1 amide bonds. The van der Waals surface area contributed by atoms with E-state index in [0.717, 1.165) is 30.6 Å². The molecule has 1 aliphatic rings. The van der Waals surface area contributed by atoms with Crippen LogP contribution in [-0.2, 0) is 0 Å². The van der Waals surface area contributed by atoms with Crippen molar-refractivity contribution in [3.05, 3.63) is 59.2 Å². The molecule has 3 rings (SSSR count). The van der Waals surface area contributed by atoms with Gasteiger partial charge in [0.25, 0.3) is 5.91 Å². The molecule has 0 spiro atoms. The maximum Gasteiger partial charge on any atom is 0.251 e. The number of carbonyl (C=O) groups is 1. The van der Waals surface area contributed by atoms with Crippen molar-refractivity contribution in [1.82, 2.24) is 10.2 Å². The van der Waals surface area contributed by atoms with Gasteiger partial charge in [-0.3, -0.25) is 4.79 Å². The Bertz CT molecular complexity index is 789. The summed E-state index contributed by atoms with van der Waals surface area (Å²) in [5.41, 5.74) is 2.99. The molecule has 1 aliphatic heterocycles. The summed E-state index contributed by atoms with van der Waals surface area (Å²) in [5.74, 6) is 1.60. The molecule has 1 fully saturated rings. The van der Waals surface area contributed by atoms with Crippen molar-refractivity contribution in [1.29, 1.82) is 0 Å². The monoisotopic (exact) mass is 368 g/mol. The molecule has 0 radical (unpaired) electrons. The van der Waals surface area contributed by atoms with Gasteiger partial charge >= 0.3 is 0 Å². The summed E-state index contributed by atoms with van der Waals surface area (Å²) in [6, 6.07) is 13.8. The summed E-state index contributed by atoms with van der Waals surface area (Å²) >= 11 is 0. The molecule has 0 aromatic heterocycles. The van der Waals surface area contributed by atoms with E-state index >= 15 is 0 Å². The van der Waals surface area contributed by atoms with Crippen LogP contribution >= 0.6 is 0 Å². The van der Waals surface area contributed by atoms with Gasteiger partial charge < -0.3 is 19.7 Å². The average Bonchev–Trinajstić information content (AvgIpc) is 2.69. The number of hydrogen-bond donors (Lipinski definition) is 1. The SMILES string of the molecule is COc1ccc([C@@H]2CN(C)CC[C@@H]2NC(=O)c2ccc(C)cc2)cc1OC. The second kappa shape index (κ2) is 8.44. The first-order valence-electron chi connectivity index (χ1n) is 9.30. The van der Waals surface area contributed by atoms with Crippen LogP contribution in [-0.4, -0.2) is 51.2 Å². The molecule has 2 aromatic carbocycles. The third-order valence-corrected chi connectivity index (χ3v) is 5.28. The van der Waals surface area contributed by atoms with Crippen LogP contribution in [0.15, 0.2) is 42.5 Å². The van der Waals surface area contributed by atoms with Crippen molar-refractivity contribution >= 4 is 5.91 Å². The summed E-state index contributed by atoms with van der Waals surface area (Å²) in [6.45, 7) is 3.86. The van der Waals surface area contributed by atoms with Crippen LogP contribution in [0, 0.1) is 6.92 Å². The quantitative estimate of drug-likeness (QED) is 0.880. The van der Waals surface area contributed by atoms with Crippen molar-refractivity contribution in [2.45, 2.75) is 25.3 Å². The van der Waals surface area contributed by atoms with E-state index in [1.165, 1.54) is 0 Å². The first-order valence-corrected chi connectivity index (χ1v) is 9.30. The summed E-state index contributed by atoms with van der Waals surface area (Å²) in [4.78, 5) is 15.0. The van der Waals surface area contributed by atoms with E-state index < -0.39 is 0 Å². The Balaban J connectivity index is 1.83.